The minimum atomic E-state index is -3.17. The van der Waals surface area contributed by atoms with Gasteiger partial charge in [-0.15, -0.1) is 6.58 Å². The first-order valence-corrected chi connectivity index (χ1v) is 4.96. The summed E-state index contributed by atoms with van der Waals surface area (Å²) in [5, 5.41) is 0. The molecule has 0 unspecified atom stereocenters. The van der Waals surface area contributed by atoms with Gasteiger partial charge in [0, 0.05) is 19.6 Å². The van der Waals surface area contributed by atoms with Crippen LogP contribution in [0.25, 0.3) is 0 Å². The SMILES string of the molecule is C=CCNS(=O)(=O)N1CCC1. The molecular formula is C6H12N2O2S. The van der Waals surface area contributed by atoms with Gasteiger partial charge >= 0.3 is 0 Å². The molecule has 0 amide bonds. The quantitative estimate of drug-likeness (QED) is 0.598. The lowest BCUT2D eigenvalue weighted by molar-refractivity contribution is 0.305. The van der Waals surface area contributed by atoms with E-state index in [0.29, 0.717) is 19.6 Å². The van der Waals surface area contributed by atoms with Gasteiger partial charge in [-0.25, -0.2) is 0 Å². The molecule has 0 aromatic rings. The molecule has 5 heteroatoms. The van der Waals surface area contributed by atoms with Crippen molar-refractivity contribution in [3.63, 3.8) is 0 Å². The van der Waals surface area contributed by atoms with Crippen molar-refractivity contribution in [3.8, 4) is 0 Å². The second-order valence-electron chi connectivity index (χ2n) is 2.39. The van der Waals surface area contributed by atoms with Crippen LogP contribution in [-0.2, 0) is 10.2 Å². The fourth-order valence-electron chi connectivity index (χ4n) is 0.783. The minimum absolute atomic E-state index is 0.304. The Morgan fingerprint density at radius 3 is 2.55 bits per heavy atom. The van der Waals surface area contributed by atoms with Crippen molar-refractivity contribution >= 4 is 10.2 Å². The third-order valence-corrected chi connectivity index (χ3v) is 3.14. The molecule has 0 atom stereocenters. The molecule has 0 aromatic carbocycles. The highest BCUT2D eigenvalue weighted by molar-refractivity contribution is 7.87. The van der Waals surface area contributed by atoms with Gasteiger partial charge in [-0.05, 0) is 6.42 Å². The molecule has 0 aliphatic carbocycles. The van der Waals surface area contributed by atoms with Gasteiger partial charge in [0.05, 0.1) is 0 Å². The average Bonchev–Trinajstić information content (AvgIpc) is 1.78. The summed E-state index contributed by atoms with van der Waals surface area (Å²) >= 11 is 0. The molecule has 0 spiro atoms. The largest absolute Gasteiger partial charge is 0.279 e. The first kappa shape index (κ1) is 8.70. The monoisotopic (exact) mass is 176 g/mol. The van der Waals surface area contributed by atoms with Crippen molar-refractivity contribution in [2.45, 2.75) is 6.42 Å². The van der Waals surface area contributed by atoms with Crippen molar-refractivity contribution in [2.75, 3.05) is 19.6 Å². The lowest BCUT2D eigenvalue weighted by Crippen LogP contribution is -2.48. The molecule has 1 N–H and O–H groups in total. The second kappa shape index (κ2) is 3.34. The predicted molar refractivity (Wildman–Crippen MR) is 43.3 cm³/mol. The Labute approximate surface area is 67.1 Å². The van der Waals surface area contributed by atoms with E-state index in [9.17, 15) is 8.42 Å². The van der Waals surface area contributed by atoms with Gasteiger partial charge in [-0.2, -0.15) is 17.4 Å². The lowest BCUT2D eigenvalue weighted by Gasteiger charge is -2.29. The van der Waals surface area contributed by atoms with Crippen LogP contribution in [0.5, 0.6) is 0 Å². The topological polar surface area (TPSA) is 49.4 Å². The number of hydrogen-bond donors (Lipinski definition) is 1. The minimum Gasteiger partial charge on any atom is -0.198 e. The van der Waals surface area contributed by atoms with E-state index in [-0.39, 0.29) is 0 Å². The van der Waals surface area contributed by atoms with Crippen molar-refractivity contribution in [2.24, 2.45) is 0 Å². The molecule has 1 fully saturated rings. The molecule has 1 rings (SSSR count). The maximum atomic E-state index is 11.1. The van der Waals surface area contributed by atoms with Crippen molar-refractivity contribution in [1.82, 2.24) is 9.03 Å². The van der Waals surface area contributed by atoms with Gasteiger partial charge in [0.25, 0.3) is 10.2 Å². The summed E-state index contributed by atoms with van der Waals surface area (Å²) in [5.41, 5.74) is 0. The summed E-state index contributed by atoms with van der Waals surface area (Å²) in [6, 6.07) is 0. The first-order chi connectivity index (χ1) is 5.17. The number of nitrogens with zero attached hydrogens (tertiary/aromatic N) is 1. The molecule has 0 saturated carbocycles. The van der Waals surface area contributed by atoms with E-state index < -0.39 is 10.2 Å². The summed E-state index contributed by atoms with van der Waals surface area (Å²) < 4.78 is 26.1. The van der Waals surface area contributed by atoms with E-state index in [0.717, 1.165) is 6.42 Å². The van der Waals surface area contributed by atoms with Gasteiger partial charge < -0.3 is 0 Å². The lowest BCUT2D eigenvalue weighted by atomic mass is 10.3. The maximum Gasteiger partial charge on any atom is 0.279 e. The van der Waals surface area contributed by atoms with E-state index in [2.05, 4.69) is 11.3 Å². The summed E-state index contributed by atoms with van der Waals surface area (Å²) in [5.74, 6) is 0. The normalized spacial score (nSPS) is 19.3. The van der Waals surface area contributed by atoms with Crippen LogP contribution in [0.1, 0.15) is 6.42 Å². The number of hydrogen-bond acceptors (Lipinski definition) is 2. The van der Waals surface area contributed by atoms with E-state index in [1.54, 1.807) is 0 Å². The van der Waals surface area contributed by atoms with Crippen molar-refractivity contribution < 1.29 is 8.42 Å². The highest BCUT2D eigenvalue weighted by Gasteiger charge is 2.26. The molecular weight excluding hydrogens is 164 g/mol. The molecule has 64 valence electrons. The van der Waals surface area contributed by atoms with E-state index >= 15 is 0 Å². The zero-order chi connectivity index (χ0) is 8.32. The van der Waals surface area contributed by atoms with E-state index in [4.69, 9.17) is 0 Å². The molecule has 11 heavy (non-hydrogen) atoms. The molecule has 1 saturated heterocycles. The Morgan fingerprint density at radius 2 is 2.18 bits per heavy atom. The third kappa shape index (κ3) is 2.02. The molecule has 0 radical (unpaired) electrons. The third-order valence-electron chi connectivity index (χ3n) is 1.57. The van der Waals surface area contributed by atoms with Gasteiger partial charge in [0.2, 0.25) is 0 Å². The summed E-state index contributed by atoms with van der Waals surface area (Å²) in [4.78, 5) is 0. The highest BCUT2D eigenvalue weighted by atomic mass is 32.2. The molecule has 1 heterocycles. The van der Waals surface area contributed by atoms with E-state index in [1.807, 2.05) is 0 Å². The van der Waals surface area contributed by atoms with Gasteiger partial charge in [-0.1, -0.05) is 6.08 Å². The Morgan fingerprint density at radius 1 is 1.55 bits per heavy atom. The van der Waals surface area contributed by atoms with Crippen LogP contribution in [0.15, 0.2) is 12.7 Å². The predicted octanol–water partition coefficient (Wildman–Crippen LogP) is -0.287. The fraction of sp³-hybridized carbons (Fsp3) is 0.667. The van der Waals surface area contributed by atoms with Crippen molar-refractivity contribution in [1.29, 1.82) is 0 Å². The number of rotatable bonds is 4. The Kier molecular flexibility index (Phi) is 2.64. The molecule has 0 bridgehead atoms. The summed E-state index contributed by atoms with van der Waals surface area (Å²) in [6.07, 6.45) is 2.49. The standard InChI is InChI=1S/C6H12N2O2S/c1-2-4-7-11(9,10)8-5-3-6-8/h2,7H,1,3-6H2. The Bertz CT molecular complexity index is 231. The van der Waals surface area contributed by atoms with Gasteiger partial charge in [0.1, 0.15) is 0 Å². The smallest absolute Gasteiger partial charge is 0.198 e. The highest BCUT2D eigenvalue weighted by Crippen LogP contribution is 2.09. The van der Waals surface area contributed by atoms with Crippen LogP contribution in [-0.4, -0.2) is 32.4 Å². The summed E-state index contributed by atoms with van der Waals surface area (Å²) in [6.45, 7) is 5.02. The maximum absolute atomic E-state index is 11.1. The second-order valence-corrected chi connectivity index (χ2v) is 4.15. The zero-order valence-corrected chi connectivity index (χ0v) is 7.10. The number of nitrogens with one attached hydrogen (secondary N) is 1. The fourth-order valence-corrected chi connectivity index (χ4v) is 2.03. The van der Waals surface area contributed by atoms with Crippen molar-refractivity contribution in [3.05, 3.63) is 12.7 Å². The van der Waals surface area contributed by atoms with Gasteiger partial charge in [0.15, 0.2) is 0 Å². The van der Waals surface area contributed by atoms with E-state index in [1.165, 1.54) is 10.4 Å². The van der Waals surface area contributed by atoms with Gasteiger partial charge in [-0.3, -0.25) is 0 Å². The Balaban J connectivity index is 2.44. The summed E-state index contributed by atoms with van der Waals surface area (Å²) in [7, 11) is -3.17. The van der Waals surface area contributed by atoms with Crippen LogP contribution in [0.4, 0.5) is 0 Å². The zero-order valence-electron chi connectivity index (χ0n) is 6.28. The molecule has 1 aliphatic heterocycles. The first-order valence-electron chi connectivity index (χ1n) is 3.52. The molecule has 0 aromatic heterocycles. The van der Waals surface area contributed by atoms with Crippen LogP contribution in [0, 0.1) is 0 Å². The Hall–Kier alpha value is -0.390. The molecule has 4 nitrogen and oxygen atoms in total. The molecule has 1 aliphatic rings. The average molecular weight is 176 g/mol. The van der Waals surface area contributed by atoms with Crippen LogP contribution >= 0.6 is 0 Å². The van der Waals surface area contributed by atoms with Crippen LogP contribution < -0.4 is 4.72 Å². The van der Waals surface area contributed by atoms with Crippen LogP contribution in [0.2, 0.25) is 0 Å². The van der Waals surface area contributed by atoms with Crippen LogP contribution in [0.3, 0.4) is 0 Å².